The van der Waals surface area contributed by atoms with Crippen molar-refractivity contribution in [1.82, 2.24) is 24.9 Å². The van der Waals surface area contributed by atoms with Crippen LogP contribution in [0.25, 0.3) is 21.7 Å². The van der Waals surface area contributed by atoms with Gasteiger partial charge in [0.1, 0.15) is 10.7 Å². The van der Waals surface area contributed by atoms with Gasteiger partial charge in [0.2, 0.25) is 5.76 Å². The number of furan rings is 1. The molecule has 0 unspecified atom stereocenters. The summed E-state index contributed by atoms with van der Waals surface area (Å²) in [5.41, 5.74) is 1.90. The molecule has 0 bridgehead atoms. The summed E-state index contributed by atoms with van der Waals surface area (Å²) in [6.45, 7) is 9.08. The molecule has 0 atom stereocenters. The Morgan fingerprint density at radius 3 is 2.63 bits per heavy atom. The number of fused-ring (bicyclic) bond motifs is 1. The first-order valence-corrected chi connectivity index (χ1v) is 10.8. The largest absolute Gasteiger partial charge is 0.461 e. The first-order valence-electron chi connectivity index (χ1n) is 10.00. The molecule has 5 heterocycles. The molecule has 5 rings (SSSR count). The maximum absolute atomic E-state index is 12.5. The van der Waals surface area contributed by atoms with E-state index >= 15 is 0 Å². The lowest BCUT2D eigenvalue weighted by molar-refractivity contribution is 0.118. The fraction of sp³-hybridized carbons (Fsp3) is 0.381. The van der Waals surface area contributed by atoms with Gasteiger partial charge in [0.05, 0.1) is 23.9 Å². The second kappa shape index (κ2) is 7.82. The summed E-state index contributed by atoms with van der Waals surface area (Å²) in [5, 5.41) is 4.89. The third-order valence-electron chi connectivity index (χ3n) is 5.63. The third kappa shape index (κ3) is 3.71. The van der Waals surface area contributed by atoms with Crippen LogP contribution in [0.1, 0.15) is 22.0 Å². The molecular weight excluding hydrogens is 402 g/mol. The van der Waals surface area contributed by atoms with Gasteiger partial charge in [-0.1, -0.05) is 5.16 Å². The van der Waals surface area contributed by atoms with Crippen molar-refractivity contribution in [2.45, 2.75) is 26.9 Å². The SMILES string of the molecule is Cc1sc2nc(CN3CCN(Cc4cc(-c5ccco5)on4)CC3)[nH]c(=O)c2c1C. The molecule has 1 fully saturated rings. The highest BCUT2D eigenvalue weighted by Gasteiger charge is 2.20. The van der Waals surface area contributed by atoms with E-state index in [4.69, 9.17) is 13.9 Å². The lowest BCUT2D eigenvalue weighted by atomic mass is 10.2. The number of hydrogen-bond acceptors (Lipinski definition) is 8. The van der Waals surface area contributed by atoms with E-state index in [0.717, 1.165) is 64.9 Å². The number of hydrogen-bond donors (Lipinski definition) is 1. The van der Waals surface area contributed by atoms with Crippen LogP contribution >= 0.6 is 11.3 Å². The highest BCUT2D eigenvalue weighted by atomic mass is 32.1. The number of thiophene rings is 1. The summed E-state index contributed by atoms with van der Waals surface area (Å²) in [5.74, 6) is 2.08. The van der Waals surface area contributed by atoms with Crippen LogP contribution in [-0.4, -0.2) is 51.1 Å². The first kappa shape index (κ1) is 19.2. The van der Waals surface area contributed by atoms with Gasteiger partial charge in [-0.2, -0.15) is 0 Å². The molecule has 30 heavy (non-hydrogen) atoms. The van der Waals surface area contributed by atoms with E-state index in [9.17, 15) is 4.79 Å². The van der Waals surface area contributed by atoms with Gasteiger partial charge in [-0.05, 0) is 31.5 Å². The summed E-state index contributed by atoms with van der Waals surface area (Å²) >= 11 is 1.59. The Bertz CT molecular complexity index is 1220. The monoisotopic (exact) mass is 425 g/mol. The van der Waals surface area contributed by atoms with E-state index in [1.807, 2.05) is 32.0 Å². The van der Waals surface area contributed by atoms with Gasteiger partial charge >= 0.3 is 0 Å². The molecule has 4 aromatic rings. The highest BCUT2D eigenvalue weighted by Crippen LogP contribution is 2.26. The van der Waals surface area contributed by atoms with E-state index < -0.39 is 0 Å². The number of nitrogens with one attached hydrogen (secondary N) is 1. The Morgan fingerprint density at radius 1 is 1.13 bits per heavy atom. The quantitative estimate of drug-likeness (QED) is 0.525. The molecule has 1 aliphatic rings. The molecule has 0 radical (unpaired) electrons. The van der Waals surface area contributed by atoms with Crippen LogP contribution in [0.5, 0.6) is 0 Å². The molecule has 9 heteroatoms. The topological polar surface area (TPSA) is 91.4 Å². The van der Waals surface area contributed by atoms with Crippen LogP contribution in [0.3, 0.4) is 0 Å². The number of aromatic nitrogens is 3. The lowest BCUT2D eigenvalue weighted by Gasteiger charge is -2.33. The van der Waals surface area contributed by atoms with E-state index in [-0.39, 0.29) is 5.56 Å². The maximum atomic E-state index is 12.5. The zero-order chi connectivity index (χ0) is 20.7. The van der Waals surface area contributed by atoms with Crippen molar-refractivity contribution in [2.24, 2.45) is 0 Å². The molecule has 8 nitrogen and oxygen atoms in total. The van der Waals surface area contributed by atoms with Gasteiger partial charge in [0.15, 0.2) is 5.76 Å². The number of nitrogens with zero attached hydrogens (tertiary/aromatic N) is 4. The van der Waals surface area contributed by atoms with Gasteiger partial charge in [0.25, 0.3) is 5.56 Å². The number of aromatic amines is 1. The van der Waals surface area contributed by atoms with Gasteiger partial charge in [-0.3, -0.25) is 14.6 Å². The zero-order valence-corrected chi connectivity index (χ0v) is 17.8. The number of H-pyrrole nitrogens is 1. The van der Waals surface area contributed by atoms with E-state index in [2.05, 4.69) is 19.9 Å². The summed E-state index contributed by atoms with van der Waals surface area (Å²) in [4.78, 5) is 26.8. The Labute approximate surface area is 177 Å². The lowest BCUT2D eigenvalue weighted by Crippen LogP contribution is -2.45. The minimum atomic E-state index is -0.0334. The zero-order valence-electron chi connectivity index (χ0n) is 17.0. The van der Waals surface area contributed by atoms with Gasteiger partial charge in [0, 0.05) is 43.7 Å². The summed E-state index contributed by atoms with van der Waals surface area (Å²) < 4.78 is 10.7. The second-order valence-electron chi connectivity index (χ2n) is 7.69. The number of aryl methyl sites for hydroxylation is 2. The standard InChI is InChI=1S/C21H23N5O3S/c1-13-14(2)30-21-19(13)20(27)22-18(23-21)12-26-7-5-25(6-8-26)11-15-10-17(29-24-15)16-4-3-9-28-16/h3-4,9-10H,5-8,11-12H2,1-2H3,(H,22,23,27). The van der Waals surface area contributed by atoms with E-state index in [1.54, 1.807) is 17.6 Å². The molecule has 0 amide bonds. The van der Waals surface area contributed by atoms with Crippen LogP contribution < -0.4 is 5.56 Å². The second-order valence-corrected chi connectivity index (χ2v) is 8.89. The average molecular weight is 426 g/mol. The molecular formula is C21H23N5O3S. The molecule has 0 aromatic carbocycles. The van der Waals surface area contributed by atoms with Gasteiger partial charge in [-0.15, -0.1) is 11.3 Å². The van der Waals surface area contributed by atoms with Gasteiger partial charge < -0.3 is 13.9 Å². The van der Waals surface area contributed by atoms with Crippen molar-refractivity contribution in [2.75, 3.05) is 26.2 Å². The Hall–Kier alpha value is -2.75. The molecule has 1 N–H and O–H groups in total. The summed E-state index contributed by atoms with van der Waals surface area (Å²) in [6.07, 6.45) is 1.62. The van der Waals surface area contributed by atoms with Crippen LogP contribution in [-0.2, 0) is 13.1 Å². The summed E-state index contributed by atoms with van der Waals surface area (Å²) in [6, 6.07) is 5.62. The Kier molecular flexibility index (Phi) is 5.01. The van der Waals surface area contributed by atoms with Crippen LogP contribution in [0.2, 0.25) is 0 Å². The van der Waals surface area contributed by atoms with Crippen molar-refractivity contribution in [1.29, 1.82) is 0 Å². The average Bonchev–Trinajstić information content (AvgIpc) is 3.45. The fourth-order valence-electron chi connectivity index (χ4n) is 3.84. The summed E-state index contributed by atoms with van der Waals surface area (Å²) in [7, 11) is 0. The molecule has 156 valence electrons. The maximum Gasteiger partial charge on any atom is 0.259 e. The first-order chi connectivity index (χ1) is 14.6. The molecule has 0 saturated carbocycles. The molecule has 4 aromatic heterocycles. The van der Waals surface area contributed by atoms with Crippen molar-refractivity contribution >= 4 is 21.6 Å². The third-order valence-corrected chi connectivity index (χ3v) is 6.74. The predicted molar refractivity (Wildman–Crippen MR) is 114 cm³/mol. The molecule has 1 aliphatic heterocycles. The van der Waals surface area contributed by atoms with Crippen molar-refractivity contribution in [3.63, 3.8) is 0 Å². The number of piperazine rings is 1. The molecule has 0 spiro atoms. The van der Waals surface area contributed by atoms with Crippen molar-refractivity contribution in [3.05, 3.63) is 56.8 Å². The smallest absolute Gasteiger partial charge is 0.259 e. The minimum absolute atomic E-state index is 0.0334. The predicted octanol–water partition coefficient (Wildman–Crippen LogP) is 3.17. The Balaban J connectivity index is 1.19. The van der Waals surface area contributed by atoms with E-state index in [0.29, 0.717) is 18.1 Å². The van der Waals surface area contributed by atoms with Crippen LogP contribution in [0.15, 0.2) is 38.2 Å². The van der Waals surface area contributed by atoms with Crippen molar-refractivity contribution < 1.29 is 8.94 Å². The minimum Gasteiger partial charge on any atom is -0.461 e. The molecule has 0 aliphatic carbocycles. The Morgan fingerprint density at radius 2 is 1.90 bits per heavy atom. The van der Waals surface area contributed by atoms with Crippen LogP contribution in [0.4, 0.5) is 0 Å². The highest BCUT2D eigenvalue weighted by molar-refractivity contribution is 7.18. The normalized spacial score (nSPS) is 15.9. The fourth-order valence-corrected chi connectivity index (χ4v) is 4.89. The number of rotatable bonds is 5. The molecule has 1 saturated heterocycles. The van der Waals surface area contributed by atoms with Gasteiger partial charge in [-0.25, -0.2) is 4.98 Å². The van der Waals surface area contributed by atoms with Crippen LogP contribution in [0, 0.1) is 13.8 Å². The van der Waals surface area contributed by atoms with Crippen molar-refractivity contribution in [3.8, 4) is 11.5 Å². The van der Waals surface area contributed by atoms with E-state index in [1.165, 1.54) is 0 Å².